The molecule has 0 aliphatic rings. The number of nitrogens with zero attached hydrogens (tertiary/aromatic N) is 2. The molecule has 0 aliphatic heterocycles. The second kappa shape index (κ2) is 6.27. The molecule has 0 aromatic carbocycles. The molecule has 1 aromatic rings. The Labute approximate surface area is 110 Å². The number of hydrogen-bond donors (Lipinski definition) is 2. The average molecular weight is 251 g/mol. The van der Waals surface area contributed by atoms with Gasteiger partial charge in [0.15, 0.2) is 0 Å². The zero-order valence-corrected chi connectivity index (χ0v) is 11.8. The highest BCUT2D eigenvalue weighted by Gasteiger charge is 2.28. The number of aromatic nitrogens is 1. The van der Waals surface area contributed by atoms with Crippen LogP contribution >= 0.6 is 0 Å². The van der Waals surface area contributed by atoms with Crippen LogP contribution in [0.5, 0.6) is 0 Å². The van der Waals surface area contributed by atoms with Crippen LogP contribution in [-0.2, 0) is 0 Å². The van der Waals surface area contributed by atoms with E-state index in [-0.39, 0.29) is 12.1 Å². The second-order valence-electron chi connectivity index (χ2n) is 5.43. The first kappa shape index (κ1) is 15.1. The van der Waals surface area contributed by atoms with Crippen molar-refractivity contribution in [3.63, 3.8) is 0 Å². The third-order valence-corrected chi connectivity index (χ3v) is 2.88. The Bertz CT molecular complexity index is 346. The first-order chi connectivity index (χ1) is 8.35. The summed E-state index contributed by atoms with van der Waals surface area (Å²) in [5.41, 5.74) is 6.32. The summed E-state index contributed by atoms with van der Waals surface area (Å²) in [6, 6.07) is 5.84. The number of likely N-dealkylation sites (N-methyl/N-ethyl adjacent to an activating group) is 1. The van der Waals surface area contributed by atoms with E-state index in [0.717, 1.165) is 12.2 Å². The van der Waals surface area contributed by atoms with Crippen molar-refractivity contribution in [2.45, 2.75) is 45.4 Å². The van der Waals surface area contributed by atoms with E-state index in [9.17, 15) is 5.11 Å². The van der Waals surface area contributed by atoms with Crippen LogP contribution in [-0.4, -0.2) is 39.7 Å². The molecule has 1 aromatic heterocycles. The Morgan fingerprint density at radius 2 is 2.11 bits per heavy atom. The van der Waals surface area contributed by atoms with Crippen molar-refractivity contribution in [3.8, 4) is 0 Å². The fourth-order valence-electron chi connectivity index (χ4n) is 2.24. The van der Waals surface area contributed by atoms with E-state index in [2.05, 4.69) is 16.8 Å². The summed E-state index contributed by atoms with van der Waals surface area (Å²) < 4.78 is 0. The molecule has 4 nitrogen and oxygen atoms in total. The summed E-state index contributed by atoms with van der Waals surface area (Å²) in [5, 5.41) is 9.99. The van der Waals surface area contributed by atoms with Gasteiger partial charge in [-0.1, -0.05) is 13.0 Å². The molecule has 0 fully saturated rings. The van der Waals surface area contributed by atoms with Crippen LogP contribution in [0.4, 0.5) is 0 Å². The van der Waals surface area contributed by atoms with E-state index in [1.165, 1.54) is 0 Å². The lowest BCUT2D eigenvalue weighted by molar-refractivity contribution is 0.0180. The van der Waals surface area contributed by atoms with Gasteiger partial charge in [0.25, 0.3) is 0 Å². The van der Waals surface area contributed by atoms with E-state index in [0.29, 0.717) is 6.54 Å². The van der Waals surface area contributed by atoms with Crippen LogP contribution in [0.15, 0.2) is 24.4 Å². The fraction of sp³-hybridized carbons (Fsp3) is 0.643. The zero-order valence-electron chi connectivity index (χ0n) is 11.8. The minimum absolute atomic E-state index is 0.0302. The normalized spacial score (nSPS) is 15.7. The lowest BCUT2D eigenvalue weighted by Crippen LogP contribution is -2.46. The minimum atomic E-state index is -0.738. The van der Waals surface area contributed by atoms with Crippen molar-refractivity contribution in [1.29, 1.82) is 0 Å². The van der Waals surface area contributed by atoms with Gasteiger partial charge in [0.2, 0.25) is 0 Å². The number of hydrogen-bond acceptors (Lipinski definition) is 4. The van der Waals surface area contributed by atoms with Crippen LogP contribution in [0.25, 0.3) is 0 Å². The van der Waals surface area contributed by atoms with Gasteiger partial charge >= 0.3 is 0 Å². The summed E-state index contributed by atoms with van der Waals surface area (Å²) in [6.45, 7) is 9.08. The third kappa shape index (κ3) is 4.37. The summed E-state index contributed by atoms with van der Waals surface area (Å²) in [6.07, 6.45) is 1.78. The van der Waals surface area contributed by atoms with Crippen molar-refractivity contribution in [2.75, 3.05) is 13.1 Å². The van der Waals surface area contributed by atoms with Gasteiger partial charge in [0, 0.05) is 18.8 Å². The monoisotopic (exact) mass is 251 g/mol. The van der Waals surface area contributed by atoms with Gasteiger partial charge in [-0.3, -0.25) is 9.88 Å². The first-order valence-electron chi connectivity index (χ1n) is 6.48. The smallest absolute Gasteiger partial charge is 0.0718 e. The van der Waals surface area contributed by atoms with Crippen LogP contribution in [0.2, 0.25) is 0 Å². The Morgan fingerprint density at radius 1 is 1.44 bits per heavy atom. The third-order valence-electron chi connectivity index (χ3n) is 2.88. The van der Waals surface area contributed by atoms with Crippen LogP contribution < -0.4 is 5.73 Å². The summed E-state index contributed by atoms with van der Waals surface area (Å²) >= 11 is 0. The van der Waals surface area contributed by atoms with Gasteiger partial charge in [-0.25, -0.2) is 0 Å². The number of pyridine rings is 1. The fourth-order valence-corrected chi connectivity index (χ4v) is 2.24. The first-order valence-corrected chi connectivity index (χ1v) is 6.48. The van der Waals surface area contributed by atoms with E-state index >= 15 is 0 Å². The van der Waals surface area contributed by atoms with Crippen molar-refractivity contribution in [3.05, 3.63) is 30.1 Å². The maximum absolute atomic E-state index is 9.99. The number of nitrogens with two attached hydrogens (primary N) is 1. The lowest BCUT2D eigenvalue weighted by Gasteiger charge is -2.36. The molecular formula is C14H25N3O. The molecule has 1 rings (SSSR count). The maximum atomic E-state index is 9.99. The lowest BCUT2D eigenvalue weighted by atomic mass is 10.0. The van der Waals surface area contributed by atoms with Crippen LogP contribution in [0.3, 0.4) is 0 Å². The second-order valence-corrected chi connectivity index (χ2v) is 5.43. The molecule has 18 heavy (non-hydrogen) atoms. The average Bonchev–Trinajstić information content (AvgIpc) is 2.27. The van der Waals surface area contributed by atoms with E-state index in [1.54, 1.807) is 6.20 Å². The Morgan fingerprint density at radius 3 is 2.50 bits per heavy atom. The van der Waals surface area contributed by atoms with Crippen LogP contribution in [0, 0.1) is 0 Å². The molecule has 0 saturated heterocycles. The highest BCUT2D eigenvalue weighted by Crippen LogP contribution is 2.23. The largest absolute Gasteiger partial charge is 0.389 e. The molecule has 0 spiro atoms. The van der Waals surface area contributed by atoms with Crippen molar-refractivity contribution in [2.24, 2.45) is 5.73 Å². The highest BCUT2D eigenvalue weighted by molar-refractivity contribution is 5.11. The van der Waals surface area contributed by atoms with Gasteiger partial charge in [0.05, 0.1) is 17.3 Å². The van der Waals surface area contributed by atoms with E-state index < -0.39 is 5.60 Å². The van der Waals surface area contributed by atoms with Gasteiger partial charge < -0.3 is 10.8 Å². The predicted octanol–water partition coefficient (Wildman–Crippen LogP) is 1.56. The standard InChI is InChI=1S/C14H25N3O/c1-5-17(10-14(3,4)18)13(11(2)15)12-8-6-7-9-16-12/h6-9,11,13,18H,5,10,15H2,1-4H3. The molecule has 4 heteroatoms. The van der Waals surface area contributed by atoms with E-state index in [4.69, 9.17) is 5.73 Å². The molecule has 0 radical (unpaired) electrons. The van der Waals surface area contributed by atoms with Gasteiger partial charge in [-0.05, 0) is 39.4 Å². The maximum Gasteiger partial charge on any atom is 0.0718 e. The Kier molecular flexibility index (Phi) is 5.26. The number of aliphatic hydroxyl groups is 1. The molecule has 0 saturated carbocycles. The topological polar surface area (TPSA) is 62.4 Å². The summed E-state index contributed by atoms with van der Waals surface area (Å²) in [5.74, 6) is 0. The molecule has 0 amide bonds. The van der Waals surface area contributed by atoms with E-state index in [1.807, 2.05) is 39.0 Å². The molecule has 0 bridgehead atoms. The van der Waals surface area contributed by atoms with Crippen LogP contribution in [0.1, 0.15) is 39.4 Å². The highest BCUT2D eigenvalue weighted by atomic mass is 16.3. The van der Waals surface area contributed by atoms with Gasteiger partial charge in [-0.2, -0.15) is 0 Å². The van der Waals surface area contributed by atoms with Crippen molar-refractivity contribution >= 4 is 0 Å². The quantitative estimate of drug-likeness (QED) is 0.805. The summed E-state index contributed by atoms with van der Waals surface area (Å²) in [7, 11) is 0. The molecule has 1 heterocycles. The molecule has 0 aliphatic carbocycles. The zero-order chi connectivity index (χ0) is 13.8. The Hall–Kier alpha value is -0.970. The SMILES string of the molecule is CCN(CC(C)(C)O)C(c1ccccn1)C(C)N. The Balaban J connectivity index is 2.96. The molecule has 2 atom stereocenters. The van der Waals surface area contributed by atoms with Crippen molar-refractivity contribution < 1.29 is 5.11 Å². The molecule has 102 valence electrons. The van der Waals surface area contributed by atoms with Gasteiger partial charge in [-0.15, -0.1) is 0 Å². The minimum Gasteiger partial charge on any atom is -0.389 e. The molecule has 3 N–H and O–H groups in total. The summed E-state index contributed by atoms with van der Waals surface area (Å²) in [4.78, 5) is 6.57. The predicted molar refractivity (Wildman–Crippen MR) is 74.2 cm³/mol. The molecule has 2 unspecified atom stereocenters. The molecular weight excluding hydrogens is 226 g/mol. The van der Waals surface area contributed by atoms with Crippen molar-refractivity contribution in [1.82, 2.24) is 9.88 Å². The van der Waals surface area contributed by atoms with Gasteiger partial charge in [0.1, 0.15) is 0 Å². The number of rotatable bonds is 6.